The van der Waals surface area contributed by atoms with E-state index in [0.29, 0.717) is 31.7 Å². The molecule has 1 fully saturated rings. The Morgan fingerprint density at radius 1 is 1.09 bits per heavy atom. The standard InChI is InChI=1S/C22H23F3N4O5/c1-15-18(29(32)33)7-4-8-19(15)34-14-21(31)28-11-9-27(10-12-28)13-20(30)26-17-6-3-2-5-16(17)22(23,24)25/h2-8H,9-14H2,1H3,(H,26,30). The minimum Gasteiger partial charge on any atom is -0.483 e. The number of rotatable bonds is 7. The molecule has 0 unspecified atom stereocenters. The van der Waals surface area contributed by atoms with Gasteiger partial charge in [-0.05, 0) is 25.1 Å². The second-order valence-electron chi connectivity index (χ2n) is 7.69. The van der Waals surface area contributed by atoms with Gasteiger partial charge in [0.2, 0.25) is 5.91 Å². The van der Waals surface area contributed by atoms with E-state index >= 15 is 0 Å². The van der Waals surface area contributed by atoms with Gasteiger partial charge in [-0.2, -0.15) is 13.2 Å². The van der Waals surface area contributed by atoms with Gasteiger partial charge >= 0.3 is 6.18 Å². The van der Waals surface area contributed by atoms with Crippen LogP contribution in [0.4, 0.5) is 24.5 Å². The lowest BCUT2D eigenvalue weighted by Crippen LogP contribution is -2.51. The van der Waals surface area contributed by atoms with Gasteiger partial charge in [0.25, 0.3) is 11.6 Å². The Morgan fingerprint density at radius 2 is 1.76 bits per heavy atom. The van der Waals surface area contributed by atoms with Crippen molar-refractivity contribution in [3.8, 4) is 5.75 Å². The van der Waals surface area contributed by atoms with E-state index in [0.717, 1.165) is 6.07 Å². The molecule has 182 valence electrons. The number of ether oxygens (including phenoxy) is 1. The molecule has 1 aliphatic heterocycles. The zero-order valence-electron chi connectivity index (χ0n) is 18.3. The van der Waals surface area contributed by atoms with Crippen molar-refractivity contribution in [2.45, 2.75) is 13.1 Å². The van der Waals surface area contributed by atoms with E-state index in [4.69, 9.17) is 4.74 Å². The van der Waals surface area contributed by atoms with Gasteiger partial charge in [-0.1, -0.05) is 18.2 Å². The number of nitrogens with zero attached hydrogens (tertiary/aromatic N) is 3. The quantitative estimate of drug-likeness (QED) is 0.483. The first-order chi connectivity index (χ1) is 16.1. The number of para-hydroxylation sites is 1. The Balaban J connectivity index is 1.47. The molecule has 34 heavy (non-hydrogen) atoms. The second kappa shape index (κ2) is 10.5. The summed E-state index contributed by atoms with van der Waals surface area (Å²) in [5, 5.41) is 13.3. The van der Waals surface area contributed by atoms with E-state index in [2.05, 4.69) is 5.32 Å². The Bertz CT molecular complexity index is 1070. The highest BCUT2D eigenvalue weighted by atomic mass is 19.4. The SMILES string of the molecule is Cc1c(OCC(=O)N2CCN(CC(=O)Nc3ccccc3C(F)(F)F)CC2)cccc1[N+](=O)[O-]. The fraction of sp³-hybridized carbons (Fsp3) is 0.364. The predicted octanol–water partition coefficient (Wildman–Crippen LogP) is 3.08. The number of carbonyl (C=O) groups is 2. The molecular weight excluding hydrogens is 457 g/mol. The number of piperazine rings is 1. The summed E-state index contributed by atoms with van der Waals surface area (Å²) >= 11 is 0. The lowest BCUT2D eigenvalue weighted by molar-refractivity contribution is -0.385. The van der Waals surface area contributed by atoms with Crippen LogP contribution in [0.3, 0.4) is 0 Å². The molecule has 0 aromatic heterocycles. The Morgan fingerprint density at radius 3 is 2.41 bits per heavy atom. The first-order valence-corrected chi connectivity index (χ1v) is 10.4. The summed E-state index contributed by atoms with van der Waals surface area (Å²) in [7, 11) is 0. The molecule has 2 aromatic carbocycles. The molecule has 9 nitrogen and oxygen atoms in total. The van der Waals surface area contributed by atoms with Crippen molar-refractivity contribution in [1.82, 2.24) is 9.80 Å². The number of halogens is 3. The van der Waals surface area contributed by atoms with Crippen molar-refractivity contribution in [3.05, 3.63) is 63.7 Å². The maximum Gasteiger partial charge on any atom is 0.418 e. The summed E-state index contributed by atoms with van der Waals surface area (Å²) in [6.45, 7) is 2.46. The van der Waals surface area contributed by atoms with Crippen LogP contribution in [0, 0.1) is 17.0 Å². The van der Waals surface area contributed by atoms with E-state index in [1.165, 1.54) is 37.3 Å². The smallest absolute Gasteiger partial charge is 0.418 e. The Hall–Kier alpha value is -3.67. The van der Waals surface area contributed by atoms with Gasteiger partial charge in [0.15, 0.2) is 6.61 Å². The summed E-state index contributed by atoms with van der Waals surface area (Å²) in [6.07, 6.45) is -4.58. The van der Waals surface area contributed by atoms with Crippen molar-refractivity contribution in [2.75, 3.05) is 44.6 Å². The van der Waals surface area contributed by atoms with Crippen molar-refractivity contribution in [3.63, 3.8) is 0 Å². The summed E-state index contributed by atoms with van der Waals surface area (Å²) in [5.74, 6) is -0.646. The van der Waals surface area contributed by atoms with Crippen LogP contribution in [0.25, 0.3) is 0 Å². The molecule has 1 saturated heterocycles. The van der Waals surface area contributed by atoms with Crippen molar-refractivity contribution in [2.24, 2.45) is 0 Å². The number of alkyl halides is 3. The van der Waals surface area contributed by atoms with Gasteiger partial charge in [0.1, 0.15) is 5.75 Å². The van der Waals surface area contributed by atoms with E-state index in [1.807, 2.05) is 0 Å². The summed E-state index contributed by atoms with van der Waals surface area (Å²) in [6, 6.07) is 9.12. The monoisotopic (exact) mass is 480 g/mol. The molecule has 1 aliphatic rings. The molecule has 3 rings (SSSR count). The highest BCUT2D eigenvalue weighted by molar-refractivity contribution is 5.93. The highest BCUT2D eigenvalue weighted by Gasteiger charge is 2.33. The number of benzene rings is 2. The van der Waals surface area contributed by atoms with Crippen molar-refractivity contribution in [1.29, 1.82) is 0 Å². The van der Waals surface area contributed by atoms with Gasteiger partial charge in [0.05, 0.1) is 28.3 Å². The average Bonchev–Trinajstić information content (AvgIpc) is 2.78. The predicted molar refractivity (Wildman–Crippen MR) is 116 cm³/mol. The van der Waals surface area contributed by atoms with Crippen molar-refractivity contribution < 1.29 is 32.4 Å². The van der Waals surface area contributed by atoms with E-state index < -0.39 is 22.6 Å². The van der Waals surface area contributed by atoms with Gasteiger partial charge in [-0.15, -0.1) is 0 Å². The van der Waals surface area contributed by atoms with Crippen LogP contribution < -0.4 is 10.1 Å². The lowest BCUT2D eigenvalue weighted by atomic mass is 10.1. The van der Waals surface area contributed by atoms with Crippen LogP contribution in [0.5, 0.6) is 5.75 Å². The number of anilines is 1. The highest BCUT2D eigenvalue weighted by Crippen LogP contribution is 2.34. The Labute approximate surface area is 193 Å². The molecule has 0 bridgehead atoms. The molecule has 1 heterocycles. The minimum atomic E-state index is -4.58. The summed E-state index contributed by atoms with van der Waals surface area (Å²) in [4.78, 5) is 38.5. The minimum absolute atomic E-state index is 0.102. The topological polar surface area (TPSA) is 105 Å². The number of amides is 2. The molecule has 12 heteroatoms. The molecule has 0 radical (unpaired) electrons. The number of hydrogen-bond donors (Lipinski definition) is 1. The number of nitro groups is 1. The third-order valence-electron chi connectivity index (χ3n) is 5.40. The zero-order valence-corrected chi connectivity index (χ0v) is 18.3. The summed E-state index contributed by atoms with van der Waals surface area (Å²) < 4.78 is 44.7. The molecule has 0 spiro atoms. The second-order valence-corrected chi connectivity index (χ2v) is 7.69. The number of hydrogen-bond acceptors (Lipinski definition) is 6. The van der Waals surface area contributed by atoms with Crippen LogP contribution in [0.1, 0.15) is 11.1 Å². The van der Waals surface area contributed by atoms with Gasteiger partial charge in [-0.3, -0.25) is 24.6 Å². The molecule has 0 atom stereocenters. The van der Waals surface area contributed by atoms with Gasteiger partial charge in [-0.25, -0.2) is 0 Å². The van der Waals surface area contributed by atoms with Crippen molar-refractivity contribution >= 4 is 23.2 Å². The van der Waals surface area contributed by atoms with E-state index in [-0.39, 0.29) is 36.2 Å². The fourth-order valence-electron chi connectivity index (χ4n) is 3.58. The third-order valence-corrected chi connectivity index (χ3v) is 5.40. The maximum absolute atomic E-state index is 13.1. The van der Waals surface area contributed by atoms with Crippen LogP contribution in [-0.4, -0.2) is 65.9 Å². The lowest BCUT2D eigenvalue weighted by Gasteiger charge is -2.34. The molecule has 0 saturated carbocycles. The fourth-order valence-corrected chi connectivity index (χ4v) is 3.58. The maximum atomic E-state index is 13.1. The van der Waals surface area contributed by atoms with Crippen LogP contribution in [0.15, 0.2) is 42.5 Å². The average molecular weight is 480 g/mol. The number of carbonyl (C=O) groups excluding carboxylic acids is 2. The number of nitrogens with one attached hydrogen (secondary N) is 1. The molecule has 1 N–H and O–H groups in total. The molecule has 2 aromatic rings. The summed E-state index contributed by atoms with van der Waals surface area (Å²) in [5.41, 5.74) is -1.00. The molecular formula is C22H23F3N4O5. The van der Waals surface area contributed by atoms with Crippen LogP contribution in [-0.2, 0) is 15.8 Å². The molecule has 2 amide bonds. The Kier molecular flexibility index (Phi) is 7.72. The number of nitro benzene ring substituents is 1. The third kappa shape index (κ3) is 6.22. The van der Waals surface area contributed by atoms with Gasteiger partial charge in [0, 0.05) is 32.2 Å². The van der Waals surface area contributed by atoms with Gasteiger partial charge < -0.3 is 15.0 Å². The first kappa shape index (κ1) is 25.0. The molecule has 0 aliphatic carbocycles. The largest absolute Gasteiger partial charge is 0.483 e. The zero-order chi connectivity index (χ0) is 24.9. The van der Waals surface area contributed by atoms with Crippen LogP contribution in [0.2, 0.25) is 0 Å². The normalized spacial score (nSPS) is 14.5. The van der Waals surface area contributed by atoms with E-state index in [9.17, 15) is 32.9 Å². The van der Waals surface area contributed by atoms with Crippen LogP contribution >= 0.6 is 0 Å². The first-order valence-electron chi connectivity index (χ1n) is 10.4. The van der Waals surface area contributed by atoms with E-state index in [1.54, 1.807) is 15.9 Å².